The first-order valence-corrected chi connectivity index (χ1v) is 12.2. The first-order chi connectivity index (χ1) is 16.7. The van der Waals surface area contributed by atoms with E-state index in [0.717, 1.165) is 37.1 Å². The molecule has 0 radical (unpaired) electrons. The number of rotatable bonds is 9. The number of piperidine rings is 1. The summed E-state index contributed by atoms with van der Waals surface area (Å²) < 4.78 is 39.0. The van der Waals surface area contributed by atoms with Crippen molar-refractivity contribution < 1.29 is 22.8 Å². The van der Waals surface area contributed by atoms with Gasteiger partial charge < -0.3 is 16.0 Å². The van der Waals surface area contributed by atoms with Crippen LogP contribution in [0.3, 0.4) is 0 Å². The Labute approximate surface area is 204 Å². The van der Waals surface area contributed by atoms with Crippen LogP contribution in [0.25, 0.3) is 5.57 Å². The molecule has 5 nitrogen and oxygen atoms in total. The van der Waals surface area contributed by atoms with Crippen molar-refractivity contribution in [1.82, 2.24) is 16.0 Å². The Balaban J connectivity index is 1.81. The highest BCUT2D eigenvalue weighted by atomic mass is 19.4. The quantitative estimate of drug-likeness (QED) is 0.450. The Hall–Kier alpha value is -2.87. The van der Waals surface area contributed by atoms with Crippen molar-refractivity contribution in [2.45, 2.75) is 50.6 Å². The smallest absolute Gasteiger partial charge is 0.356 e. The van der Waals surface area contributed by atoms with E-state index in [1.54, 1.807) is 18.2 Å². The van der Waals surface area contributed by atoms with Gasteiger partial charge in [-0.2, -0.15) is 13.2 Å². The van der Waals surface area contributed by atoms with Crippen molar-refractivity contribution in [3.63, 3.8) is 0 Å². The van der Waals surface area contributed by atoms with Crippen LogP contribution in [0.2, 0.25) is 0 Å². The van der Waals surface area contributed by atoms with Crippen LogP contribution in [0.4, 0.5) is 13.2 Å². The van der Waals surface area contributed by atoms with Gasteiger partial charge in [0.2, 0.25) is 11.8 Å². The fourth-order valence-corrected chi connectivity index (χ4v) is 5.19. The van der Waals surface area contributed by atoms with Crippen LogP contribution in [0.1, 0.15) is 50.2 Å². The largest absolute Gasteiger partial charge is 0.405 e. The number of carbonyl (C=O) groups is 2. The highest BCUT2D eigenvalue weighted by Gasteiger charge is 2.50. The van der Waals surface area contributed by atoms with Gasteiger partial charge in [-0.25, -0.2) is 0 Å². The van der Waals surface area contributed by atoms with Gasteiger partial charge in [-0.1, -0.05) is 49.1 Å². The second-order valence-electron chi connectivity index (χ2n) is 9.04. The zero-order valence-electron chi connectivity index (χ0n) is 20.1. The van der Waals surface area contributed by atoms with Crippen molar-refractivity contribution in [1.29, 1.82) is 0 Å². The number of nitrogens with one attached hydrogen (secondary N) is 3. The SMILES string of the molecule is C=C/C=C1\C(=C/C)c2ccccc2C1(CCCCNC(=O)C1CCNCC1)C(=O)NCC(F)(F)F. The summed E-state index contributed by atoms with van der Waals surface area (Å²) >= 11 is 0. The third-order valence-corrected chi connectivity index (χ3v) is 6.82. The Morgan fingerprint density at radius 1 is 1.17 bits per heavy atom. The monoisotopic (exact) mass is 489 g/mol. The number of benzene rings is 1. The molecular formula is C27H34F3N3O2. The molecule has 3 rings (SSSR count). The topological polar surface area (TPSA) is 70.2 Å². The molecule has 0 saturated carbocycles. The normalized spacial score (nSPS) is 22.7. The lowest BCUT2D eigenvalue weighted by atomic mass is 9.73. The van der Waals surface area contributed by atoms with E-state index in [4.69, 9.17) is 0 Å². The van der Waals surface area contributed by atoms with E-state index in [1.165, 1.54) is 0 Å². The van der Waals surface area contributed by atoms with Gasteiger partial charge in [0, 0.05) is 12.5 Å². The minimum atomic E-state index is -4.51. The van der Waals surface area contributed by atoms with Crippen molar-refractivity contribution in [2.24, 2.45) is 5.92 Å². The van der Waals surface area contributed by atoms with Crippen LogP contribution in [0.5, 0.6) is 0 Å². The number of carbonyl (C=O) groups excluding carboxylic acids is 2. The Kier molecular flexibility index (Phi) is 8.94. The lowest BCUT2D eigenvalue weighted by Crippen LogP contribution is -2.47. The van der Waals surface area contributed by atoms with E-state index >= 15 is 0 Å². The van der Waals surface area contributed by atoms with Crippen molar-refractivity contribution in [3.8, 4) is 0 Å². The number of unbranched alkanes of at least 4 members (excludes halogenated alkanes) is 1. The summed E-state index contributed by atoms with van der Waals surface area (Å²) in [5.74, 6) is -0.624. The molecule has 1 fully saturated rings. The molecule has 1 unspecified atom stereocenters. The summed E-state index contributed by atoms with van der Waals surface area (Å²) in [4.78, 5) is 25.9. The third kappa shape index (κ3) is 6.04. The minimum Gasteiger partial charge on any atom is -0.356 e. The number of fused-ring (bicyclic) bond motifs is 1. The molecule has 35 heavy (non-hydrogen) atoms. The molecule has 2 aliphatic rings. The maximum absolute atomic E-state index is 13.5. The molecule has 190 valence electrons. The first kappa shape index (κ1) is 26.7. The molecule has 1 aliphatic heterocycles. The molecule has 1 saturated heterocycles. The fraction of sp³-hybridized carbons (Fsp3) is 0.481. The molecule has 1 heterocycles. The second kappa shape index (κ2) is 11.7. The summed E-state index contributed by atoms with van der Waals surface area (Å²) in [6.07, 6.45) is 3.75. The summed E-state index contributed by atoms with van der Waals surface area (Å²) in [6, 6.07) is 7.36. The maximum Gasteiger partial charge on any atom is 0.405 e. The summed E-state index contributed by atoms with van der Waals surface area (Å²) in [5, 5.41) is 8.36. The number of hydrogen-bond donors (Lipinski definition) is 3. The Bertz CT molecular complexity index is 994. The zero-order chi connectivity index (χ0) is 25.5. The number of amides is 2. The van der Waals surface area contributed by atoms with Crippen LogP contribution < -0.4 is 16.0 Å². The second-order valence-corrected chi connectivity index (χ2v) is 9.04. The van der Waals surface area contributed by atoms with Gasteiger partial charge in [0.15, 0.2) is 0 Å². The lowest BCUT2D eigenvalue weighted by Gasteiger charge is -2.31. The molecule has 0 bridgehead atoms. The van der Waals surface area contributed by atoms with E-state index in [2.05, 4.69) is 22.5 Å². The number of alkyl halides is 3. The van der Waals surface area contributed by atoms with Crippen LogP contribution in [-0.4, -0.2) is 44.2 Å². The number of allylic oxidation sites excluding steroid dienone is 4. The van der Waals surface area contributed by atoms with Crippen LogP contribution in [-0.2, 0) is 15.0 Å². The van der Waals surface area contributed by atoms with Gasteiger partial charge in [0.1, 0.15) is 12.0 Å². The average Bonchev–Trinajstić information content (AvgIpc) is 3.12. The minimum absolute atomic E-state index is 0.0109. The molecular weight excluding hydrogens is 455 g/mol. The van der Waals surface area contributed by atoms with Crippen molar-refractivity contribution in [2.75, 3.05) is 26.2 Å². The van der Waals surface area contributed by atoms with E-state index in [0.29, 0.717) is 36.9 Å². The van der Waals surface area contributed by atoms with Crippen LogP contribution in [0, 0.1) is 5.92 Å². The van der Waals surface area contributed by atoms with Gasteiger partial charge in [0.05, 0.1) is 0 Å². The van der Waals surface area contributed by atoms with Crippen LogP contribution in [0.15, 0.2) is 54.6 Å². The number of hydrogen-bond acceptors (Lipinski definition) is 3. The molecule has 1 aromatic rings. The van der Waals surface area contributed by atoms with Crippen molar-refractivity contribution >= 4 is 17.4 Å². The standard InChI is InChI=1S/C27H34F3N3O2/c1-3-9-22-20(4-2)21-10-5-6-11-23(21)26(22,25(35)33-18-27(28,29)30)14-7-8-15-32-24(34)19-12-16-31-17-13-19/h3-6,9-11,19,31H,1,7-8,12-18H2,2H3,(H,32,34)(H,33,35)/b20-4-,22-9+. The first-order valence-electron chi connectivity index (χ1n) is 12.2. The summed E-state index contributed by atoms with van der Waals surface area (Å²) in [6.45, 7) is 6.35. The lowest BCUT2D eigenvalue weighted by molar-refractivity contribution is -0.141. The van der Waals surface area contributed by atoms with E-state index < -0.39 is 24.0 Å². The highest BCUT2D eigenvalue weighted by Crippen LogP contribution is 2.52. The average molecular weight is 490 g/mol. The van der Waals surface area contributed by atoms with Gasteiger partial charge in [0.25, 0.3) is 0 Å². The maximum atomic E-state index is 13.5. The zero-order valence-corrected chi connectivity index (χ0v) is 20.1. The molecule has 1 aromatic carbocycles. The van der Waals surface area contributed by atoms with E-state index in [1.807, 2.05) is 31.2 Å². The predicted molar refractivity (Wildman–Crippen MR) is 132 cm³/mol. The molecule has 8 heteroatoms. The fourth-order valence-electron chi connectivity index (χ4n) is 5.19. The van der Waals surface area contributed by atoms with Crippen LogP contribution >= 0.6 is 0 Å². The van der Waals surface area contributed by atoms with Gasteiger partial charge in [-0.15, -0.1) is 0 Å². The third-order valence-electron chi connectivity index (χ3n) is 6.82. The number of halogens is 3. The van der Waals surface area contributed by atoms with E-state index in [-0.39, 0.29) is 11.8 Å². The molecule has 0 spiro atoms. The van der Waals surface area contributed by atoms with Gasteiger partial charge in [-0.3, -0.25) is 9.59 Å². The predicted octanol–water partition coefficient (Wildman–Crippen LogP) is 4.42. The molecule has 3 N–H and O–H groups in total. The van der Waals surface area contributed by atoms with E-state index in [9.17, 15) is 22.8 Å². The molecule has 2 amide bonds. The highest BCUT2D eigenvalue weighted by molar-refractivity contribution is 6.05. The van der Waals surface area contributed by atoms with Gasteiger partial charge >= 0.3 is 6.18 Å². The van der Waals surface area contributed by atoms with Crippen molar-refractivity contribution in [3.05, 3.63) is 65.8 Å². The molecule has 0 aromatic heterocycles. The summed E-state index contributed by atoms with van der Waals surface area (Å²) in [7, 11) is 0. The molecule has 1 aliphatic carbocycles. The Morgan fingerprint density at radius 2 is 1.89 bits per heavy atom. The Morgan fingerprint density at radius 3 is 2.54 bits per heavy atom. The van der Waals surface area contributed by atoms with Gasteiger partial charge in [-0.05, 0) is 74.4 Å². The summed E-state index contributed by atoms with van der Waals surface area (Å²) in [5.41, 5.74) is 1.73. The molecule has 1 atom stereocenters.